The van der Waals surface area contributed by atoms with Crippen molar-refractivity contribution >= 4 is 5.82 Å². The van der Waals surface area contributed by atoms with Crippen molar-refractivity contribution in [2.45, 2.75) is 44.3 Å². The number of alkyl halides is 3. The number of nitrogens with one attached hydrogen (secondary N) is 1. The topological polar surface area (TPSA) is 70.3 Å². The number of anilines is 1. The highest BCUT2D eigenvalue weighted by Gasteiger charge is 2.44. The summed E-state index contributed by atoms with van der Waals surface area (Å²) in [5, 5.41) is 7.72. The summed E-state index contributed by atoms with van der Waals surface area (Å²) in [5.41, 5.74) is 1.65. The quantitative estimate of drug-likeness (QED) is 0.466. The molecule has 2 aliphatic rings. The lowest BCUT2D eigenvalue weighted by Crippen LogP contribution is -2.48. The zero-order valence-corrected chi connectivity index (χ0v) is 20.4. The number of hydrogen-bond donors (Lipinski definition) is 1. The number of nitrogens with zero attached hydrogens (tertiary/aromatic N) is 5. The highest BCUT2D eigenvalue weighted by molar-refractivity contribution is 5.40. The number of rotatable bonds is 8. The van der Waals surface area contributed by atoms with E-state index in [1.54, 1.807) is 0 Å². The Morgan fingerprint density at radius 1 is 1.08 bits per heavy atom. The Bertz CT molecular complexity index is 1150. The molecule has 2 aromatic heterocycles. The van der Waals surface area contributed by atoms with Gasteiger partial charge in [-0.25, -0.2) is 4.98 Å². The molecular weight excluding hydrogens is 469 g/mol. The monoisotopic (exact) mass is 500 g/mol. The van der Waals surface area contributed by atoms with Gasteiger partial charge in [0.15, 0.2) is 5.82 Å². The van der Waals surface area contributed by atoms with Gasteiger partial charge >= 0.3 is 6.18 Å². The van der Waals surface area contributed by atoms with Crippen molar-refractivity contribution in [3.8, 4) is 0 Å². The van der Waals surface area contributed by atoms with Crippen LogP contribution < -0.4 is 10.2 Å². The summed E-state index contributed by atoms with van der Waals surface area (Å²) < 4.78 is 43.8. The molecule has 3 aromatic rings. The number of hydrogen-bond acceptors (Lipinski definition) is 7. The minimum atomic E-state index is -4.36. The van der Waals surface area contributed by atoms with Gasteiger partial charge in [-0.15, -0.1) is 0 Å². The predicted octanol–water partition coefficient (Wildman–Crippen LogP) is 4.17. The lowest BCUT2D eigenvalue weighted by atomic mass is 9.64. The Morgan fingerprint density at radius 2 is 1.89 bits per heavy atom. The van der Waals surface area contributed by atoms with E-state index in [0.717, 1.165) is 76.6 Å². The number of piperazine rings is 1. The zero-order chi connectivity index (χ0) is 25.2. The first-order chi connectivity index (χ1) is 17.3. The number of aryl methyl sites for hydroxylation is 1. The second-order valence-corrected chi connectivity index (χ2v) is 9.73. The molecule has 1 saturated heterocycles. The third-order valence-electron chi connectivity index (χ3n) is 7.33. The molecular formula is C26H31F3N6O. The molecule has 2 fully saturated rings. The van der Waals surface area contributed by atoms with Crippen LogP contribution in [0.15, 0.2) is 47.1 Å². The Balaban J connectivity index is 1.06. The summed E-state index contributed by atoms with van der Waals surface area (Å²) >= 11 is 0. The summed E-state index contributed by atoms with van der Waals surface area (Å²) in [6.45, 7) is 7.38. The van der Waals surface area contributed by atoms with E-state index in [1.807, 2.05) is 4.90 Å². The number of halogens is 3. The van der Waals surface area contributed by atoms with Gasteiger partial charge in [0.05, 0.1) is 17.5 Å². The molecule has 0 spiro atoms. The summed E-state index contributed by atoms with van der Waals surface area (Å²) in [6.07, 6.45) is -0.214. The highest BCUT2D eigenvalue weighted by Crippen LogP contribution is 2.47. The van der Waals surface area contributed by atoms with Crippen LogP contribution in [0, 0.1) is 6.92 Å². The second kappa shape index (κ2) is 10.2. The SMILES string of the molecule is Cc1cccc(C2(c3noc(CNCCN4CCN(c5ccc(C(F)(F)F)cn5)CC4)n3)CCC2)c1. The average molecular weight is 501 g/mol. The zero-order valence-electron chi connectivity index (χ0n) is 20.4. The summed E-state index contributed by atoms with van der Waals surface area (Å²) in [6, 6.07) is 11.1. The molecule has 10 heteroatoms. The van der Waals surface area contributed by atoms with E-state index < -0.39 is 11.7 Å². The lowest BCUT2D eigenvalue weighted by molar-refractivity contribution is -0.137. The second-order valence-electron chi connectivity index (χ2n) is 9.73. The van der Waals surface area contributed by atoms with Crippen molar-refractivity contribution in [3.63, 3.8) is 0 Å². The minimum absolute atomic E-state index is 0.130. The fourth-order valence-electron chi connectivity index (χ4n) is 5.01. The first-order valence-electron chi connectivity index (χ1n) is 12.4. The fourth-order valence-corrected chi connectivity index (χ4v) is 5.01. The van der Waals surface area contributed by atoms with Gasteiger partial charge in [0, 0.05) is 45.5 Å². The lowest BCUT2D eigenvalue weighted by Gasteiger charge is -2.39. The normalized spacial score (nSPS) is 18.3. The molecule has 7 nitrogen and oxygen atoms in total. The van der Waals surface area contributed by atoms with Gasteiger partial charge in [0.25, 0.3) is 0 Å². The van der Waals surface area contributed by atoms with E-state index in [4.69, 9.17) is 9.51 Å². The smallest absolute Gasteiger partial charge is 0.354 e. The molecule has 1 aromatic carbocycles. The van der Waals surface area contributed by atoms with E-state index in [-0.39, 0.29) is 5.41 Å². The molecule has 5 rings (SSSR count). The largest absolute Gasteiger partial charge is 0.417 e. The Morgan fingerprint density at radius 3 is 2.53 bits per heavy atom. The van der Waals surface area contributed by atoms with E-state index in [9.17, 15) is 13.2 Å². The maximum absolute atomic E-state index is 12.7. The van der Waals surface area contributed by atoms with Crippen LogP contribution in [0.25, 0.3) is 0 Å². The van der Waals surface area contributed by atoms with Crippen molar-refractivity contribution in [3.05, 3.63) is 71.0 Å². The Kier molecular flexibility index (Phi) is 6.98. The molecule has 0 atom stereocenters. The maximum atomic E-state index is 12.7. The van der Waals surface area contributed by atoms with Gasteiger partial charge in [0.2, 0.25) is 5.89 Å². The van der Waals surface area contributed by atoms with E-state index in [1.165, 1.54) is 17.2 Å². The van der Waals surface area contributed by atoms with Gasteiger partial charge in [-0.3, -0.25) is 4.90 Å². The molecule has 1 aliphatic heterocycles. The van der Waals surface area contributed by atoms with Crippen molar-refractivity contribution in [2.24, 2.45) is 0 Å². The standard InChI is InChI=1S/C26H31F3N6O/c1-19-4-2-5-20(16-19)25(8-3-9-25)24-32-23(36-33-24)18-30-10-11-34-12-14-35(15-13-34)22-7-6-21(17-31-22)26(27,28)29/h2,4-7,16-17,30H,3,8-15,18H2,1H3. The minimum Gasteiger partial charge on any atom is -0.354 e. The van der Waals surface area contributed by atoms with Crippen molar-refractivity contribution in [2.75, 3.05) is 44.2 Å². The predicted molar refractivity (Wildman–Crippen MR) is 130 cm³/mol. The highest BCUT2D eigenvalue weighted by atomic mass is 19.4. The molecule has 1 N–H and O–H groups in total. The third-order valence-corrected chi connectivity index (χ3v) is 7.33. The molecule has 1 saturated carbocycles. The summed E-state index contributed by atoms with van der Waals surface area (Å²) in [5.74, 6) is 1.97. The van der Waals surface area contributed by atoms with E-state index in [2.05, 4.69) is 51.5 Å². The van der Waals surface area contributed by atoms with Gasteiger partial charge < -0.3 is 14.7 Å². The molecule has 3 heterocycles. The van der Waals surface area contributed by atoms with Crippen molar-refractivity contribution in [1.82, 2.24) is 25.3 Å². The van der Waals surface area contributed by atoms with Gasteiger partial charge in [0.1, 0.15) is 5.82 Å². The molecule has 192 valence electrons. The summed E-state index contributed by atoms with van der Waals surface area (Å²) in [7, 11) is 0. The van der Waals surface area contributed by atoms with Crippen LogP contribution in [0.4, 0.5) is 19.0 Å². The van der Waals surface area contributed by atoms with Crippen LogP contribution in [0.3, 0.4) is 0 Å². The van der Waals surface area contributed by atoms with Crippen LogP contribution in [-0.4, -0.2) is 59.3 Å². The third kappa shape index (κ3) is 5.24. The maximum Gasteiger partial charge on any atom is 0.417 e. The van der Waals surface area contributed by atoms with Crippen LogP contribution in [0.2, 0.25) is 0 Å². The summed E-state index contributed by atoms with van der Waals surface area (Å²) in [4.78, 5) is 13.1. The van der Waals surface area contributed by atoms with Crippen LogP contribution in [-0.2, 0) is 18.1 Å². The van der Waals surface area contributed by atoms with Crippen molar-refractivity contribution in [1.29, 1.82) is 0 Å². The molecule has 0 radical (unpaired) electrons. The van der Waals surface area contributed by atoms with Crippen LogP contribution >= 0.6 is 0 Å². The van der Waals surface area contributed by atoms with Gasteiger partial charge in [-0.2, -0.15) is 18.2 Å². The average Bonchev–Trinajstić information content (AvgIpc) is 3.30. The number of pyridine rings is 1. The first kappa shape index (κ1) is 24.7. The van der Waals surface area contributed by atoms with Gasteiger partial charge in [-0.05, 0) is 37.5 Å². The molecule has 0 amide bonds. The van der Waals surface area contributed by atoms with Crippen molar-refractivity contribution < 1.29 is 17.7 Å². The molecule has 0 unspecified atom stereocenters. The van der Waals surface area contributed by atoms with Crippen LogP contribution in [0.1, 0.15) is 47.7 Å². The van der Waals surface area contributed by atoms with E-state index >= 15 is 0 Å². The number of aromatic nitrogens is 3. The van der Waals surface area contributed by atoms with Gasteiger partial charge in [-0.1, -0.05) is 41.4 Å². The molecule has 0 bridgehead atoms. The van der Waals surface area contributed by atoms with E-state index in [0.29, 0.717) is 18.3 Å². The molecule has 1 aliphatic carbocycles. The Labute approximate surface area is 208 Å². The van der Waals surface area contributed by atoms with Crippen LogP contribution in [0.5, 0.6) is 0 Å². The first-order valence-corrected chi connectivity index (χ1v) is 12.4. The molecule has 36 heavy (non-hydrogen) atoms. The Hall–Kier alpha value is -2.98. The fraction of sp³-hybridized carbons (Fsp3) is 0.500. The number of benzene rings is 1.